The fraction of sp³-hybridized carbons (Fsp3) is 0.667. The third kappa shape index (κ3) is 60.6. The van der Waals surface area contributed by atoms with Crippen LogP contribution in [0.4, 0.5) is 0 Å². The first-order valence-corrected chi connectivity index (χ1v) is 31.0. The van der Waals surface area contributed by atoms with E-state index in [1.165, 1.54) is 116 Å². The molecule has 1 atom stereocenters. The van der Waals surface area contributed by atoms with Gasteiger partial charge in [-0.1, -0.05) is 271 Å². The van der Waals surface area contributed by atoms with Crippen LogP contribution in [0.1, 0.15) is 278 Å². The molecule has 0 heterocycles. The summed E-state index contributed by atoms with van der Waals surface area (Å²) >= 11 is 0. The van der Waals surface area contributed by atoms with Gasteiger partial charge in [-0.05, 0) is 109 Å². The standard InChI is InChI=1S/C69H114O6/c1-4-7-10-13-16-19-21-23-25-26-27-28-29-30-31-32-33-34-35-36-37-38-39-40-41-42-44-45-47-50-53-56-59-62-68(71)74-65-66(64-73-67(70)61-58-55-52-49-18-15-12-9-6-3)75-69(72)63-60-57-54-51-48-46-43-24-22-20-17-14-11-8-5-2/h7-8,10-11,16-17,19-20,23-25,27-28,30-31,33-34,43,48,51,66H,4-6,9,12-15,18,21-22,26,29,32,35-42,44-47,49-50,52-65H2,1-3H3/b10-7-,11-8-,19-16-,20-17-,25-23-,28-27-,31-30-,34-33-,43-24-,51-48-. The third-order valence-electron chi connectivity index (χ3n) is 13.0. The molecule has 0 aliphatic heterocycles. The van der Waals surface area contributed by atoms with Crippen LogP contribution in [0.15, 0.2) is 122 Å². The van der Waals surface area contributed by atoms with Crippen molar-refractivity contribution in [2.45, 2.75) is 284 Å². The van der Waals surface area contributed by atoms with E-state index >= 15 is 0 Å². The second-order valence-corrected chi connectivity index (χ2v) is 20.2. The molecular weight excluding hydrogens is 925 g/mol. The smallest absolute Gasteiger partial charge is 0.306 e. The zero-order valence-corrected chi connectivity index (χ0v) is 48.8. The Morgan fingerprint density at radius 3 is 0.840 bits per heavy atom. The van der Waals surface area contributed by atoms with Gasteiger partial charge in [-0.15, -0.1) is 0 Å². The van der Waals surface area contributed by atoms with Gasteiger partial charge in [0.2, 0.25) is 0 Å². The monoisotopic (exact) mass is 1040 g/mol. The first-order chi connectivity index (χ1) is 37.0. The lowest BCUT2D eigenvalue weighted by molar-refractivity contribution is -0.167. The molecular formula is C69H114O6. The number of esters is 3. The molecule has 0 aromatic rings. The van der Waals surface area contributed by atoms with Gasteiger partial charge in [-0.2, -0.15) is 0 Å². The molecule has 75 heavy (non-hydrogen) atoms. The molecule has 0 rings (SSSR count). The van der Waals surface area contributed by atoms with E-state index in [1.807, 2.05) is 0 Å². The fourth-order valence-electron chi connectivity index (χ4n) is 8.38. The van der Waals surface area contributed by atoms with Gasteiger partial charge in [-0.3, -0.25) is 14.4 Å². The zero-order chi connectivity index (χ0) is 54.3. The number of ether oxygens (including phenoxy) is 3. The van der Waals surface area contributed by atoms with Gasteiger partial charge in [0.1, 0.15) is 13.2 Å². The first kappa shape index (κ1) is 70.8. The molecule has 0 aromatic heterocycles. The molecule has 0 saturated heterocycles. The van der Waals surface area contributed by atoms with Crippen LogP contribution in [-0.4, -0.2) is 37.2 Å². The van der Waals surface area contributed by atoms with Gasteiger partial charge in [0, 0.05) is 19.3 Å². The minimum atomic E-state index is -0.799. The summed E-state index contributed by atoms with van der Waals surface area (Å²) in [7, 11) is 0. The summed E-state index contributed by atoms with van der Waals surface area (Å²) in [6.45, 7) is 6.36. The first-order valence-electron chi connectivity index (χ1n) is 31.0. The van der Waals surface area contributed by atoms with Gasteiger partial charge >= 0.3 is 17.9 Å². The lowest BCUT2D eigenvalue weighted by atomic mass is 10.0. The second-order valence-electron chi connectivity index (χ2n) is 20.2. The van der Waals surface area contributed by atoms with E-state index in [0.717, 1.165) is 116 Å². The van der Waals surface area contributed by atoms with Crippen LogP contribution in [0.3, 0.4) is 0 Å². The number of allylic oxidation sites excluding steroid dienone is 20. The molecule has 0 N–H and O–H groups in total. The summed E-state index contributed by atoms with van der Waals surface area (Å²) in [4.78, 5) is 38.1. The molecule has 426 valence electrons. The highest BCUT2D eigenvalue weighted by Crippen LogP contribution is 2.16. The van der Waals surface area contributed by atoms with Gasteiger partial charge in [0.25, 0.3) is 0 Å². The normalized spacial score (nSPS) is 12.9. The van der Waals surface area contributed by atoms with Gasteiger partial charge in [0.15, 0.2) is 6.10 Å². The molecule has 0 fully saturated rings. The number of hydrogen-bond donors (Lipinski definition) is 0. The van der Waals surface area contributed by atoms with Crippen molar-refractivity contribution in [2.75, 3.05) is 13.2 Å². The van der Waals surface area contributed by atoms with Crippen LogP contribution in [-0.2, 0) is 28.6 Å². The average molecular weight is 1040 g/mol. The number of hydrogen-bond acceptors (Lipinski definition) is 6. The minimum Gasteiger partial charge on any atom is -0.462 e. The minimum absolute atomic E-state index is 0.0937. The molecule has 1 unspecified atom stereocenters. The van der Waals surface area contributed by atoms with E-state index in [9.17, 15) is 14.4 Å². The summed E-state index contributed by atoms with van der Waals surface area (Å²) in [5.74, 6) is -0.937. The van der Waals surface area contributed by atoms with Crippen LogP contribution in [0.2, 0.25) is 0 Å². The van der Waals surface area contributed by atoms with E-state index in [-0.39, 0.29) is 37.5 Å². The van der Waals surface area contributed by atoms with E-state index in [1.54, 1.807) is 0 Å². The molecule has 6 heteroatoms. The molecule has 0 saturated carbocycles. The van der Waals surface area contributed by atoms with Crippen molar-refractivity contribution >= 4 is 17.9 Å². The summed E-state index contributed by atoms with van der Waals surface area (Å²) in [6, 6.07) is 0. The van der Waals surface area contributed by atoms with E-state index in [4.69, 9.17) is 14.2 Å². The Morgan fingerprint density at radius 1 is 0.280 bits per heavy atom. The van der Waals surface area contributed by atoms with Crippen molar-refractivity contribution in [2.24, 2.45) is 0 Å². The van der Waals surface area contributed by atoms with Crippen molar-refractivity contribution in [1.82, 2.24) is 0 Å². The van der Waals surface area contributed by atoms with Crippen LogP contribution in [0.25, 0.3) is 0 Å². The predicted octanol–water partition coefficient (Wildman–Crippen LogP) is 21.2. The maximum atomic E-state index is 12.8. The summed E-state index contributed by atoms with van der Waals surface area (Å²) < 4.78 is 16.8. The highest BCUT2D eigenvalue weighted by atomic mass is 16.6. The second kappa shape index (κ2) is 62.4. The Hall–Kier alpha value is -4.19. The van der Waals surface area contributed by atoms with Gasteiger partial charge < -0.3 is 14.2 Å². The van der Waals surface area contributed by atoms with Gasteiger partial charge in [0.05, 0.1) is 0 Å². The highest BCUT2D eigenvalue weighted by molar-refractivity contribution is 5.71. The van der Waals surface area contributed by atoms with Crippen LogP contribution < -0.4 is 0 Å². The van der Waals surface area contributed by atoms with E-state index in [2.05, 4.69) is 142 Å². The molecule has 0 bridgehead atoms. The van der Waals surface area contributed by atoms with Crippen LogP contribution in [0.5, 0.6) is 0 Å². The highest BCUT2D eigenvalue weighted by Gasteiger charge is 2.19. The molecule has 0 radical (unpaired) electrons. The van der Waals surface area contributed by atoms with E-state index < -0.39 is 6.10 Å². The maximum absolute atomic E-state index is 12.8. The lowest BCUT2D eigenvalue weighted by Gasteiger charge is -2.18. The summed E-state index contributed by atoms with van der Waals surface area (Å²) in [5, 5.41) is 0. The van der Waals surface area contributed by atoms with E-state index in [0.29, 0.717) is 19.3 Å². The molecule has 0 amide bonds. The Bertz CT molecular complexity index is 1570. The topological polar surface area (TPSA) is 78.9 Å². The van der Waals surface area contributed by atoms with Crippen LogP contribution >= 0.6 is 0 Å². The third-order valence-corrected chi connectivity index (χ3v) is 13.0. The molecule has 6 nitrogen and oxygen atoms in total. The predicted molar refractivity (Wildman–Crippen MR) is 325 cm³/mol. The van der Waals surface area contributed by atoms with Gasteiger partial charge in [-0.25, -0.2) is 0 Å². The van der Waals surface area contributed by atoms with Crippen LogP contribution in [0, 0.1) is 0 Å². The SMILES string of the molecule is CC/C=C\C/C=C\C/C=C\C/C=C\C/C=C\C/C=C\CCCCCCCCCCCCCCCCC(=O)OCC(COC(=O)CCCCCCCCCCC)OC(=O)CCCC/C=C\C/C=C\C/C=C\C/C=C\CC. The number of rotatable bonds is 55. The molecule has 0 aliphatic rings. The fourth-order valence-corrected chi connectivity index (χ4v) is 8.38. The van der Waals surface area contributed by atoms with Crippen molar-refractivity contribution in [3.05, 3.63) is 122 Å². The number of unbranched alkanes of at least 4 members (excludes halogenated alkanes) is 24. The molecule has 0 aromatic carbocycles. The van der Waals surface area contributed by atoms with Crippen molar-refractivity contribution in [3.8, 4) is 0 Å². The maximum Gasteiger partial charge on any atom is 0.306 e. The molecule has 0 aliphatic carbocycles. The van der Waals surface area contributed by atoms with Crippen molar-refractivity contribution < 1.29 is 28.6 Å². The summed E-state index contributed by atoms with van der Waals surface area (Å²) in [5.41, 5.74) is 0. The number of carbonyl (C=O) groups is 3. The van der Waals surface area contributed by atoms with Crippen molar-refractivity contribution in [1.29, 1.82) is 0 Å². The Balaban J connectivity index is 4.14. The average Bonchev–Trinajstić information content (AvgIpc) is 3.41. The largest absolute Gasteiger partial charge is 0.462 e. The summed E-state index contributed by atoms with van der Waals surface area (Å²) in [6.07, 6.45) is 86.6. The Labute approximate surface area is 462 Å². The quantitative estimate of drug-likeness (QED) is 0.0261. The Morgan fingerprint density at radius 2 is 0.520 bits per heavy atom. The Kier molecular flexibility index (Phi) is 58.9. The van der Waals surface area contributed by atoms with Crippen molar-refractivity contribution in [3.63, 3.8) is 0 Å². The lowest BCUT2D eigenvalue weighted by Crippen LogP contribution is -2.30. The molecule has 0 spiro atoms. The zero-order valence-electron chi connectivity index (χ0n) is 48.8. The number of carbonyl (C=O) groups excluding carboxylic acids is 3.